The van der Waals surface area contributed by atoms with E-state index in [2.05, 4.69) is 16.8 Å². The van der Waals surface area contributed by atoms with E-state index in [4.69, 9.17) is 9.47 Å². The number of ether oxygens (including phenoxy) is 2. The van der Waals surface area contributed by atoms with Gasteiger partial charge in [0.25, 0.3) is 0 Å². The molecule has 23 heavy (non-hydrogen) atoms. The Labute approximate surface area is 138 Å². The number of esters is 1. The van der Waals surface area contributed by atoms with E-state index >= 15 is 0 Å². The molecule has 1 aromatic carbocycles. The summed E-state index contributed by atoms with van der Waals surface area (Å²) in [4.78, 5) is 11.7. The minimum Gasteiger partial charge on any atom is -0.496 e. The highest BCUT2D eigenvalue weighted by Crippen LogP contribution is 2.33. The molecule has 0 bridgehead atoms. The van der Waals surface area contributed by atoms with Crippen LogP contribution in [0.25, 0.3) is 11.4 Å². The second-order valence-electron chi connectivity index (χ2n) is 4.97. The molecule has 0 amide bonds. The van der Waals surface area contributed by atoms with Crippen molar-refractivity contribution in [3.05, 3.63) is 36.9 Å². The summed E-state index contributed by atoms with van der Waals surface area (Å²) < 4.78 is 12.3. The van der Waals surface area contributed by atoms with Crippen LogP contribution >= 0.6 is 11.8 Å². The van der Waals surface area contributed by atoms with Crippen molar-refractivity contribution in [3.63, 3.8) is 0 Å². The van der Waals surface area contributed by atoms with Gasteiger partial charge >= 0.3 is 5.97 Å². The maximum Gasteiger partial charge on any atom is 0.319 e. The topological polar surface area (TPSA) is 66.2 Å². The zero-order chi connectivity index (χ0) is 16.2. The molecule has 1 aliphatic heterocycles. The predicted octanol–water partition coefficient (Wildman–Crippen LogP) is 2.55. The van der Waals surface area contributed by atoms with Crippen molar-refractivity contribution in [2.75, 3.05) is 13.7 Å². The van der Waals surface area contributed by atoms with Crippen LogP contribution in [0.5, 0.6) is 5.75 Å². The molecule has 7 heteroatoms. The van der Waals surface area contributed by atoms with Crippen LogP contribution in [-0.2, 0) is 16.1 Å². The van der Waals surface area contributed by atoms with Gasteiger partial charge < -0.3 is 9.47 Å². The van der Waals surface area contributed by atoms with Gasteiger partial charge in [0, 0.05) is 13.0 Å². The van der Waals surface area contributed by atoms with Crippen LogP contribution in [0.15, 0.2) is 42.1 Å². The summed E-state index contributed by atoms with van der Waals surface area (Å²) in [6.07, 6.45) is 2.47. The molecule has 6 nitrogen and oxygen atoms in total. The summed E-state index contributed by atoms with van der Waals surface area (Å²) in [5.41, 5.74) is 0.852. The Kier molecular flexibility index (Phi) is 4.66. The van der Waals surface area contributed by atoms with E-state index < -0.39 is 0 Å². The van der Waals surface area contributed by atoms with Gasteiger partial charge in [-0.2, -0.15) is 0 Å². The van der Waals surface area contributed by atoms with Gasteiger partial charge in [0.1, 0.15) is 11.0 Å². The molecule has 1 atom stereocenters. The molecular formula is C16H17N3O3S. The number of carbonyl (C=O) groups is 1. The lowest BCUT2D eigenvalue weighted by Gasteiger charge is -2.11. The minimum absolute atomic E-state index is 0.193. The first-order valence-electron chi connectivity index (χ1n) is 7.25. The van der Waals surface area contributed by atoms with Crippen molar-refractivity contribution in [2.45, 2.75) is 23.4 Å². The number of aromatic nitrogens is 3. The summed E-state index contributed by atoms with van der Waals surface area (Å²) in [6, 6.07) is 7.64. The fraction of sp³-hybridized carbons (Fsp3) is 0.312. The van der Waals surface area contributed by atoms with Gasteiger partial charge in [0.15, 0.2) is 11.0 Å². The highest BCUT2D eigenvalue weighted by Gasteiger charge is 2.30. The maximum absolute atomic E-state index is 11.7. The van der Waals surface area contributed by atoms with Crippen molar-refractivity contribution in [1.82, 2.24) is 14.8 Å². The molecule has 0 radical (unpaired) electrons. The monoisotopic (exact) mass is 331 g/mol. The van der Waals surface area contributed by atoms with Crippen molar-refractivity contribution in [1.29, 1.82) is 0 Å². The Hall–Kier alpha value is -2.28. The van der Waals surface area contributed by atoms with Gasteiger partial charge in [-0.1, -0.05) is 30.0 Å². The summed E-state index contributed by atoms with van der Waals surface area (Å²) in [5.74, 6) is 1.22. The standard InChI is InChI=1S/C16H17N3O3S/c1-3-9-19-14(11-6-4-5-7-12(11)21-2)17-18-16(19)23-13-8-10-22-15(13)20/h3-7,13H,1,8-10H2,2H3/t13-/m1/s1. The Balaban J connectivity index is 1.98. The lowest BCUT2D eigenvalue weighted by Crippen LogP contribution is -2.11. The Morgan fingerprint density at radius 2 is 2.30 bits per heavy atom. The van der Waals surface area contributed by atoms with E-state index in [1.807, 2.05) is 28.8 Å². The van der Waals surface area contributed by atoms with Gasteiger partial charge in [-0.05, 0) is 12.1 Å². The molecule has 0 unspecified atom stereocenters. The summed E-state index contributed by atoms with van der Waals surface area (Å²) in [5, 5.41) is 8.99. The molecule has 1 saturated heterocycles. The zero-order valence-electron chi connectivity index (χ0n) is 12.8. The van der Waals surface area contributed by atoms with Gasteiger partial charge in [0.2, 0.25) is 0 Å². The van der Waals surface area contributed by atoms with E-state index in [-0.39, 0.29) is 11.2 Å². The Morgan fingerprint density at radius 1 is 1.48 bits per heavy atom. The molecule has 3 rings (SSSR count). The fourth-order valence-electron chi connectivity index (χ4n) is 2.41. The lowest BCUT2D eigenvalue weighted by atomic mass is 10.2. The Bertz CT molecular complexity index is 729. The summed E-state index contributed by atoms with van der Waals surface area (Å²) in [6.45, 7) is 4.80. The van der Waals surface area contributed by atoms with Crippen LogP contribution in [0, 0.1) is 0 Å². The largest absolute Gasteiger partial charge is 0.496 e. The molecule has 0 saturated carbocycles. The molecule has 2 aromatic rings. The van der Waals surface area contributed by atoms with E-state index in [0.29, 0.717) is 30.6 Å². The fourth-order valence-corrected chi connectivity index (χ4v) is 3.42. The normalized spacial score (nSPS) is 17.1. The van der Waals surface area contributed by atoms with Gasteiger partial charge in [-0.15, -0.1) is 16.8 Å². The van der Waals surface area contributed by atoms with Gasteiger partial charge in [-0.25, -0.2) is 0 Å². The number of methoxy groups -OCH3 is 1. The number of nitrogens with zero attached hydrogens (tertiary/aromatic N) is 3. The minimum atomic E-state index is -0.228. The van der Waals surface area contributed by atoms with E-state index in [9.17, 15) is 4.79 Å². The van der Waals surface area contributed by atoms with Crippen molar-refractivity contribution in [3.8, 4) is 17.1 Å². The van der Waals surface area contributed by atoms with Crippen LogP contribution in [0.1, 0.15) is 6.42 Å². The number of benzene rings is 1. The molecule has 120 valence electrons. The second kappa shape index (κ2) is 6.87. The number of rotatable bonds is 6. The molecule has 0 spiro atoms. The van der Waals surface area contributed by atoms with Crippen LogP contribution in [0.4, 0.5) is 0 Å². The third kappa shape index (κ3) is 3.10. The molecule has 1 aliphatic rings. The molecule has 1 aromatic heterocycles. The van der Waals surface area contributed by atoms with Gasteiger partial charge in [-0.3, -0.25) is 9.36 Å². The molecular weight excluding hydrogens is 314 g/mol. The summed E-state index contributed by atoms with van der Waals surface area (Å²) >= 11 is 1.38. The van der Waals surface area contributed by atoms with Crippen LogP contribution in [0.3, 0.4) is 0 Å². The first-order valence-corrected chi connectivity index (χ1v) is 8.13. The number of para-hydroxylation sites is 1. The number of carbonyl (C=O) groups excluding carboxylic acids is 1. The SMILES string of the molecule is C=CCn1c(S[C@@H]2CCOC2=O)nnc1-c1ccccc1OC. The van der Waals surface area contributed by atoms with Crippen LogP contribution in [-0.4, -0.2) is 39.7 Å². The van der Waals surface area contributed by atoms with Gasteiger partial charge in [0.05, 0.1) is 19.3 Å². The first-order chi connectivity index (χ1) is 11.2. The molecule has 2 heterocycles. The first kappa shape index (κ1) is 15.6. The van der Waals surface area contributed by atoms with Crippen LogP contribution in [0.2, 0.25) is 0 Å². The maximum atomic E-state index is 11.7. The molecule has 0 N–H and O–H groups in total. The van der Waals surface area contributed by atoms with E-state index in [1.54, 1.807) is 13.2 Å². The van der Waals surface area contributed by atoms with E-state index in [1.165, 1.54) is 11.8 Å². The lowest BCUT2D eigenvalue weighted by molar-refractivity contribution is -0.137. The Morgan fingerprint density at radius 3 is 3.00 bits per heavy atom. The predicted molar refractivity (Wildman–Crippen MR) is 87.4 cm³/mol. The number of hydrogen-bond acceptors (Lipinski definition) is 6. The number of cyclic esters (lactones) is 1. The number of thioether (sulfide) groups is 1. The number of hydrogen-bond donors (Lipinski definition) is 0. The third-order valence-electron chi connectivity index (χ3n) is 3.51. The van der Waals surface area contributed by atoms with Crippen molar-refractivity contribution in [2.24, 2.45) is 0 Å². The van der Waals surface area contributed by atoms with Crippen molar-refractivity contribution >= 4 is 17.7 Å². The average molecular weight is 331 g/mol. The molecule has 1 fully saturated rings. The molecule has 0 aliphatic carbocycles. The smallest absolute Gasteiger partial charge is 0.319 e. The zero-order valence-corrected chi connectivity index (χ0v) is 13.6. The third-order valence-corrected chi connectivity index (χ3v) is 4.74. The highest BCUT2D eigenvalue weighted by molar-refractivity contribution is 8.00. The number of allylic oxidation sites excluding steroid dienone is 1. The van der Waals surface area contributed by atoms with Crippen LogP contribution < -0.4 is 4.74 Å². The highest BCUT2D eigenvalue weighted by atomic mass is 32.2. The van der Waals surface area contributed by atoms with Crippen molar-refractivity contribution < 1.29 is 14.3 Å². The summed E-state index contributed by atoms with van der Waals surface area (Å²) in [7, 11) is 1.62. The second-order valence-corrected chi connectivity index (χ2v) is 6.14. The quantitative estimate of drug-likeness (QED) is 0.599. The van der Waals surface area contributed by atoms with E-state index in [0.717, 1.165) is 11.3 Å². The average Bonchev–Trinajstić information content (AvgIpc) is 3.15.